The summed E-state index contributed by atoms with van der Waals surface area (Å²) < 4.78 is 12.7. The highest BCUT2D eigenvalue weighted by Crippen LogP contribution is 2.23. The van der Waals surface area contributed by atoms with E-state index in [4.69, 9.17) is 9.47 Å². The van der Waals surface area contributed by atoms with Crippen molar-refractivity contribution in [2.45, 2.75) is 12.2 Å². The van der Waals surface area contributed by atoms with Gasteiger partial charge in [0.1, 0.15) is 18.8 Å². The summed E-state index contributed by atoms with van der Waals surface area (Å²) in [7, 11) is 6.52. The lowest BCUT2D eigenvalue weighted by Gasteiger charge is -2.34. The average Bonchev–Trinajstić information content (AvgIpc) is 2.29. The van der Waals surface area contributed by atoms with Gasteiger partial charge in [-0.15, -0.1) is 0 Å². The fourth-order valence-corrected chi connectivity index (χ4v) is 2.12. The number of hydrogen-bond donors (Lipinski definition) is 0. The van der Waals surface area contributed by atoms with Crippen molar-refractivity contribution in [2.75, 3.05) is 40.9 Å². The molecule has 1 saturated heterocycles. The van der Waals surface area contributed by atoms with Gasteiger partial charge in [0.25, 0.3) is 0 Å². The van der Waals surface area contributed by atoms with E-state index in [-0.39, 0.29) is 36.2 Å². The molecule has 1 heterocycles. The van der Waals surface area contributed by atoms with Crippen LogP contribution >= 0.6 is 0 Å². The van der Waals surface area contributed by atoms with Crippen molar-refractivity contribution in [1.82, 2.24) is 0 Å². The number of halogens is 1. The Hall–Kier alpha value is -0.170. The van der Waals surface area contributed by atoms with Gasteiger partial charge in [-0.2, -0.15) is 0 Å². The van der Waals surface area contributed by atoms with Crippen molar-refractivity contribution >= 4 is 0 Å². The van der Waals surface area contributed by atoms with Gasteiger partial charge in [-0.25, -0.2) is 0 Å². The number of quaternary nitrogens is 1. The topological polar surface area (TPSA) is 18.5 Å². The molecule has 0 aromatic heterocycles. The first-order valence-electron chi connectivity index (χ1n) is 6.13. The van der Waals surface area contributed by atoms with Crippen LogP contribution in [0.25, 0.3) is 0 Å². The predicted octanol–water partition coefficient (Wildman–Crippen LogP) is -1.15. The maximum Gasteiger partial charge on any atom is 0.130 e. The highest BCUT2D eigenvalue weighted by atomic mass is 127. The average molecular weight is 363 g/mol. The number of hydrogen-bond acceptors (Lipinski definition) is 2. The smallest absolute Gasteiger partial charge is 0.130 e. The zero-order valence-electron chi connectivity index (χ0n) is 11.3. The van der Waals surface area contributed by atoms with Gasteiger partial charge in [-0.3, -0.25) is 0 Å². The Morgan fingerprint density at radius 2 is 1.72 bits per heavy atom. The van der Waals surface area contributed by atoms with E-state index < -0.39 is 0 Å². The monoisotopic (exact) mass is 363 g/mol. The summed E-state index contributed by atoms with van der Waals surface area (Å²) in [4.78, 5) is 0. The molecule has 3 nitrogen and oxygen atoms in total. The lowest BCUT2D eigenvalue weighted by molar-refractivity contribution is -0.874. The molecule has 0 unspecified atom stereocenters. The van der Waals surface area contributed by atoms with Gasteiger partial charge < -0.3 is 37.9 Å². The normalized spacial score (nSPS) is 24.4. The Kier molecular flexibility index (Phi) is 6.04. The van der Waals surface area contributed by atoms with Crippen molar-refractivity contribution < 1.29 is 37.9 Å². The minimum Gasteiger partial charge on any atom is -1.00 e. The minimum absolute atomic E-state index is 0. The molecule has 0 aliphatic carbocycles. The summed E-state index contributed by atoms with van der Waals surface area (Å²) in [6, 6.07) is 10.3. The second kappa shape index (κ2) is 6.84. The molecule has 0 N–H and O–H groups in total. The second-order valence-corrected chi connectivity index (χ2v) is 5.66. The van der Waals surface area contributed by atoms with Gasteiger partial charge in [0.2, 0.25) is 0 Å². The van der Waals surface area contributed by atoms with Crippen LogP contribution < -0.4 is 24.0 Å². The number of benzene rings is 1. The number of nitrogens with zero attached hydrogens (tertiary/aromatic N) is 1. The van der Waals surface area contributed by atoms with E-state index in [9.17, 15) is 0 Å². The Morgan fingerprint density at radius 3 is 2.22 bits per heavy atom. The molecule has 1 aliphatic heterocycles. The van der Waals surface area contributed by atoms with E-state index in [2.05, 4.69) is 33.3 Å². The van der Waals surface area contributed by atoms with E-state index in [1.165, 1.54) is 5.56 Å². The van der Waals surface area contributed by atoms with Gasteiger partial charge in [0, 0.05) is 0 Å². The molecule has 4 heteroatoms. The van der Waals surface area contributed by atoms with Gasteiger partial charge in [0.05, 0.1) is 34.4 Å². The van der Waals surface area contributed by atoms with Crippen molar-refractivity contribution in [2.24, 2.45) is 0 Å². The molecule has 0 amide bonds. The largest absolute Gasteiger partial charge is 1.00 e. The molecule has 0 spiro atoms. The van der Waals surface area contributed by atoms with Crippen LogP contribution in [0.1, 0.15) is 11.7 Å². The lowest BCUT2D eigenvalue weighted by Crippen LogP contribution is -3.00. The minimum atomic E-state index is 0. The van der Waals surface area contributed by atoms with Crippen molar-refractivity contribution in [1.29, 1.82) is 0 Å². The van der Waals surface area contributed by atoms with Gasteiger partial charge in [0.15, 0.2) is 0 Å². The number of likely N-dealkylation sites (N-methyl/N-ethyl adjacent to an activating group) is 1. The second-order valence-electron chi connectivity index (χ2n) is 5.66. The molecule has 1 aromatic carbocycles. The SMILES string of the molecule is C[N+](C)(C)C[C@@H]1CO[C@@H](c2ccccc2)CO1.[I-]. The van der Waals surface area contributed by atoms with Crippen LogP contribution in [0.2, 0.25) is 0 Å². The summed E-state index contributed by atoms with van der Waals surface area (Å²) in [6.45, 7) is 2.34. The molecule has 102 valence electrons. The summed E-state index contributed by atoms with van der Waals surface area (Å²) in [6.07, 6.45) is 0.315. The van der Waals surface area contributed by atoms with Gasteiger partial charge >= 0.3 is 0 Å². The third-order valence-electron chi connectivity index (χ3n) is 2.89. The Morgan fingerprint density at radius 1 is 1.06 bits per heavy atom. The van der Waals surface area contributed by atoms with E-state index in [0.717, 1.165) is 11.0 Å². The van der Waals surface area contributed by atoms with Crippen LogP contribution in [0.5, 0.6) is 0 Å². The number of rotatable bonds is 3. The third kappa shape index (κ3) is 4.84. The van der Waals surface area contributed by atoms with Crippen LogP contribution in [0.15, 0.2) is 30.3 Å². The van der Waals surface area contributed by atoms with Crippen molar-refractivity contribution in [3.63, 3.8) is 0 Å². The molecule has 0 bridgehead atoms. The zero-order chi connectivity index (χ0) is 12.3. The summed E-state index contributed by atoms with van der Waals surface area (Å²) in [5.74, 6) is 0. The molecule has 0 radical (unpaired) electrons. The third-order valence-corrected chi connectivity index (χ3v) is 2.89. The van der Waals surface area contributed by atoms with Crippen LogP contribution in [0.4, 0.5) is 0 Å². The van der Waals surface area contributed by atoms with E-state index in [0.29, 0.717) is 13.2 Å². The van der Waals surface area contributed by atoms with Crippen LogP contribution in [0, 0.1) is 0 Å². The van der Waals surface area contributed by atoms with Crippen LogP contribution in [-0.4, -0.2) is 51.5 Å². The fourth-order valence-electron chi connectivity index (χ4n) is 2.12. The molecule has 1 fully saturated rings. The highest BCUT2D eigenvalue weighted by Gasteiger charge is 2.27. The predicted molar refractivity (Wildman–Crippen MR) is 67.8 cm³/mol. The summed E-state index contributed by atoms with van der Waals surface area (Å²) in [5.41, 5.74) is 1.20. The maximum absolute atomic E-state index is 5.89. The van der Waals surface area contributed by atoms with E-state index in [1.807, 2.05) is 18.2 Å². The summed E-state index contributed by atoms with van der Waals surface area (Å²) >= 11 is 0. The highest BCUT2D eigenvalue weighted by molar-refractivity contribution is 5.17. The van der Waals surface area contributed by atoms with Gasteiger partial charge in [-0.1, -0.05) is 30.3 Å². The molecule has 2 atom stereocenters. The molecule has 1 aromatic rings. The number of ether oxygens (including phenoxy) is 2. The van der Waals surface area contributed by atoms with E-state index in [1.54, 1.807) is 0 Å². The van der Waals surface area contributed by atoms with Crippen molar-refractivity contribution in [3.8, 4) is 0 Å². The maximum atomic E-state index is 5.89. The Bertz CT molecular complexity index is 343. The van der Waals surface area contributed by atoms with E-state index >= 15 is 0 Å². The standard InChI is InChI=1S/C14H22NO2.HI/c1-15(2,3)9-13-10-17-14(11-16-13)12-7-5-4-6-8-12;/h4-8,13-14H,9-11H2,1-3H3;1H/q+1;/p-1/t13-,14-;/m1./s1. The first kappa shape index (κ1) is 15.9. The molecular formula is C14H22INO2. The molecule has 18 heavy (non-hydrogen) atoms. The molecular weight excluding hydrogens is 341 g/mol. The molecule has 2 rings (SSSR count). The zero-order valence-corrected chi connectivity index (χ0v) is 13.5. The fraction of sp³-hybridized carbons (Fsp3) is 0.571. The Labute approximate surface area is 127 Å². The first-order chi connectivity index (χ1) is 8.04. The molecule has 0 saturated carbocycles. The van der Waals surface area contributed by atoms with Crippen LogP contribution in [-0.2, 0) is 9.47 Å². The quantitative estimate of drug-likeness (QED) is 0.499. The van der Waals surface area contributed by atoms with Crippen molar-refractivity contribution in [3.05, 3.63) is 35.9 Å². The first-order valence-corrected chi connectivity index (χ1v) is 6.13. The Balaban J connectivity index is 0.00000162. The lowest BCUT2D eigenvalue weighted by atomic mass is 10.1. The van der Waals surface area contributed by atoms with Gasteiger partial charge in [-0.05, 0) is 5.56 Å². The summed E-state index contributed by atoms with van der Waals surface area (Å²) in [5, 5.41) is 0. The molecule has 1 aliphatic rings. The van der Waals surface area contributed by atoms with Crippen LogP contribution in [0.3, 0.4) is 0 Å².